The van der Waals surface area contributed by atoms with Gasteiger partial charge in [-0.3, -0.25) is 0 Å². The topological polar surface area (TPSA) is 72.5 Å². The summed E-state index contributed by atoms with van der Waals surface area (Å²) in [6, 6.07) is 0. The lowest BCUT2D eigenvalue weighted by Crippen LogP contribution is -2.32. The van der Waals surface area contributed by atoms with Crippen LogP contribution in [-0.2, 0) is 15.0 Å². The highest BCUT2D eigenvalue weighted by Gasteiger charge is 2.15. The lowest BCUT2D eigenvalue weighted by molar-refractivity contribution is 0.0527. The van der Waals surface area contributed by atoms with E-state index in [1.165, 1.54) is 0 Å². The molecule has 0 aliphatic rings. The molecule has 1 N–H and O–H groups in total. The van der Waals surface area contributed by atoms with Gasteiger partial charge < -0.3 is 10.1 Å². The van der Waals surface area contributed by atoms with Crippen LogP contribution in [0.5, 0.6) is 0 Å². The maximum Gasteiger partial charge on any atom is 0.407 e. The lowest BCUT2D eigenvalue weighted by Gasteiger charge is -2.19. The lowest BCUT2D eigenvalue weighted by atomic mass is 10.1. The van der Waals surface area contributed by atoms with Crippen LogP contribution in [0.1, 0.15) is 78.6 Å². The number of carbonyl (C=O) groups is 1. The van der Waals surface area contributed by atoms with E-state index in [0.29, 0.717) is 13.0 Å². The number of alkyl carbamates (subject to hydrolysis) is 1. The standard InChI is InChI=1S/C16H32FNO4S/c1-16(2,3)22-15(19)18-13-11-9-7-5-4-6-8-10-12-14-23(17,20)21/h4-14H2,1-3H3,(H,18,19). The Kier molecular flexibility index (Phi) is 11.2. The molecule has 0 saturated heterocycles. The highest BCUT2D eigenvalue weighted by atomic mass is 32.3. The third-order valence-corrected chi connectivity index (χ3v) is 4.01. The molecule has 138 valence electrons. The summed E-state index contributed by atoms with van der Waals surface area (Å²) in [7, 11) is -4.29. The van der Waals surface area contributed by atoms with Gasteiger partial charge in [0.1, 0.15) is 5.60 Å². The van der Waals surface area contributed by atoms with Gasteiger partial charge in [0.15, 0.2) is 0 Å². The molecule has 0 saturated carbocycles. The summed E-state index contributed by atoms with van der Waals surface area (Å²) in [6.45, 7) is 6.14. The van der Waals surface area contributed by atoms with E-state index in [2.05, 4.69) is 5.32 Å². The first-order valence-electron chi connectivity index (χ1n) is 8.49. The molecule has 5 nitrogen and oxygen atoms in total. The zero-order valence-corrected chi connectivity index (χ0v) is 15.5. The van der Waals surface area contributed by atoms with Gasteiger partial charge in [-0.15, -0.1) is 3.89 Å². The Morgan fingerprint density at radius 1 is 0.913 bits per heavy atom. The van der Waals surface area contributed by atoms with Gasteiger partial charge in [-0.1, -0.05) is 44.9 Å². The molecular formula is C16H32FNO4S. The van der Waals surface area contributed by atoms with Crippen molar-refractivity contribution in [2.24, 2.45) is 0 Å². The molecular weight excluding hydrogens is 321 g/mol. The Bertz CT molecular complexity index is 418. The fourth-order valence-corrected chi connectivity index (χ4v) is 2.69. The maximum atomic E-state index is 12.2. The average Bonchev–Trinajstić information content (AvgIpc) is 2.36. The van der Waals surface area contributed by atoms with Crippen molar-refractivity contribution in [3.8, 4) is 0 Å². The number of unbranched alkanes of at least 4 members (excludes halogenated alkanes) is 8. The van der Waals surface area contributed by atoms with Crippen LogP contribution in [0, 0.1) is 0 Å². The molecule has 7 heteroatoms. The summed E-state index contributed by atoms with van der Waals surface area (Å²) in [5.74, 6) is -0.350. The fourth-order valence-electron chi connectivity index (χ4n) is 2.14. The predicted molar refractivity (Wildman–Crippen MR) is 90.7 cm³/mol. The van der Waals surface area contributed by atoms with Crippen molar-refractivity contribution in [3.63, 3.8) is 0 Å². The minimum atomic E-state index is -4.29. The number of halogens is 1. The van der Waals surface area contributed by atoms with Crippen LogP contribution in [0.2, 0.25) is 0 Å². The van der Waals surface area contributed by atoms with Crippen LogP contribution in [0.4, 0.5) is 8.68 Å². The molecule has 0 aromatic rings. The Hall–Kier alpha value is -0.850. The first-order valence-corrected chi connectivity index (χ1v) is 10.0. The SMILES string of the molecule is CC(C)(C)OC(=O)NCCCCCCCCCCCS(=O)(=O)F. The quantitative estimate of drug-likeness (QED) is 0.419. The Morgan fingerprint density at radius 3 is 1.78 bits per heavy atom. The third-order valence-electron chi connectivity index (χ3n) is 3.23. The number of carbonyl (C=O) groups excluding carboxylic acids is 1. The molecule has 0 aliphatic carbocycles. The van der Waals surface area contributed by atoms with Gasteiger partial charge in [0.2, 0.25) is 0 Å². The molecule has 0 spiro atoms. The molecule has 0 rings (SSSR count). The van der Waals surface area contributed by atoms with E-state index in [-0.39, 0.29) is 11.8 Å². The van der Waals surface area contributed by atoms with E-state index in [4.69, 9.17) is 4.74 Å². The normalized spacial score (nSPS) is 12.2. The second-order valence-electron chi connectivity index (χ2n) is 6.85. The molecule has 0 bridgehead atoms. The predicted octanol–water partition coefficient (Wildman–Crippen LogP) is 4.32. The smallest absolute Gasteiger partial charge is 0.407 e. The van der Waals surface area contributed by atoms with E-state index in [0.717, 1.165) is 51.4 Å². The molecule has 0 radical (unpaired) electrons. The van der Waals surface area contributed by atoms with Crippen molar-refractivity contribution >= 4 is 16.3 Å². The van der Waals surface area contributed by atoms with Gasteiger partial charge in [0.05, 0.1) is 5.75 Å². The van der Waals surface area contributed by atoms with E-state index >= 15 is 0 Å². The van der Waals surface area contributed by atoms with Crippen molar-refractivity contribution in [2.75, 3.05) is 12.3 Å². The molecule has 0 aromatic carbocycles. The number of nitrogens with one attached hydrogen (secondary N) is 1. The summed E-state index contributed by atoms with van der Waals surface area (Å²) in [4.78, 5) is 11.4. The Morgan fingerprint density at radius 2 is 1.35 bits per heavy atom. The first kappa shape index (κ1) is 22.1. The maximum absolute atomic E-state index is 12.2. The van der Waals surface area contributed by atoms with Gasteiger partial charge in [-0.25, -0.2) is 4.79 Å². The van der Waals surface area contributed by atoms with E-state index in [9.17, 15) is 17.1 Å². The molecule has 0 aromatic heterocycles. The monoisotopic (exact) mass is 353 g/mol. The Labute approximate surface area is 140 Å². The van der Waals surface area contributed by atoms with Crippen LogP contribution in [-0.4, -0.2) is 32.4 Å². The molecule has 0 fully saturated rings. The van der Waals surface area contributed by atoms with Crippen LogP contribution >= 0.6 is 0 Å². The van der Waals surface area contributed by atoms with E-state index in [1.807, 2.05) is 20.8 Å². The van der Waals surface area contributed by atoms with E-state index in [1.54, 1.807) is 0 Å². The molecule has 0 heterocycles. The second-order valence-corrected chi connectivity index (χ2v) is 8.34. The number of amides is 1. The van der Waals surface area contributed by atoms with Gasteiger partial charge in [-0.05, 0) is 33.6 Å². The number of hydrogen-bond donors (Lipinski definition) is 1. The van der Waals surface area contributed by atoms with Gasteiger partial charge in [0, 0.05) is 6.54 Å². The number of rotatable bonds is 12. The van der Waals surface area contributed by atoms with Crippen LogP contribution < -0.4 is 5.32 Å². The van der Waals surface area contributed by atoms with Crippen LogP contribution in [0.3, 0.4) is 0 Å². The van der Waals surface area contributed by atoms with Gasteiger partial charge in [0.25, 0.3) is 0 Å². The average molecular weight is 353 g/mol. The highest BCUT2D eigenvalue weighted by molar-refractivity contribution is 7.86. The summed E-state index contributed by atoms with van der Waals surface area (Å²) < 4.78 is 38.0. The van der Waals surface area contributed by atoms with Crippen molar-refractivity contribution in [1.29, 1.82) is 0 Å². The van der Waals surface area contributed by atoms with Gasteiger partial charge >= 0.3 is 16.3 Å². The van der Waals surface area contributed by atoms with Crippen molar-refractivity contribution in [2.45, 2.75) is 84.2 Å². The third kappa shape index (κ3) is 19.1. The minimum Gasteiger partial charge on any atom is -0.444 e. The largest absolute Gasteiger partial charge is 0.444 e. The zero-order valence-electron chi connectivity index (χ0n) is 14.7. The van der Waals surface area contributed by atoms with Crippen molar-refractivity contribution < 1.29 is 21.8 Å². The van der Waals surface area contributed by atoms with E-state index < -0.39 is 15.8 Å². The second kappa shape index (κ2) is 11.6. The summed E-state index contributed by atoms with van der Waals surface area (Å²) >= 11 is 0. The minimum absolute atomic E-state index is 0.350. The van der Waals surface area contributed by atoms with Crippen molar-refractivity contribution in [1.82, 2.24) is 5.32 Å². The molecule has 23 heavy (non-hydrogen) atoms. The fraction of sp³-hybridized carbons (Fsp3) is 0.938. The summed E-state index contributed by atoms with van der Waals surface area (Å²) in [5, 5.41) is 2.74. The molecule has 1 amide bonds. The highest BCUT2D eigenvalue weighted by Crippen LogP contribution is 2.11. The molecule has 0 aliphatic heterocycles. The molecule has 0 unspecified atom stereocenters. The van der Waals surface area contributed by atoms with Gasteiger partial charge in [-0.2, -0.15) is 8.42 Å². The van der Waals surface area contributed by atoms with Crippen LogP contribution in [0.15, 0.2) is 0 Å². The Balaban J connectivity index is 3.27. The first-order chi connectivity index (χ1) is 10.6. The number of ether oxygens (including phenoxy) is 1. The summed E-state index contributed by atoms with van der Waals surface area (Å²) in [5.41, 5.74) is -0.460. The van der Waals surface area contributed by atoms with Crippen molar-refractivity contribution in [3.05, 3.63) is 0 Å². The van der Waals surface area contributed by atoms with Crippen LogP contribution in [0.25, 0.3) is 0 Å². The zero-order chi connectivity index (χ0) is 17.8. The molecule has 0 atom stereocenters. The number of hydrogen-bond acceptors (Lipinski definition) is 4. The summed E-state index contributed by atoms with van der Waals surface area (Å²) in [6.07, 6.45) is 8.19.